The lowest BCUT2D eigenvalue weighted by Gasteiger charge is -2.32. The Bertz CT molecular complexity index is 592. The van der Waals surface area contributed by atoms with Crippen molar-refractivity contribution in [1.82, 2.24) is 20.2 Å². The second-order valence-corrected chi connectivity index (χ2v) is 4.98. The van der Waals surface area contributed by atoms with E-state index in [1.54, 1.807) is 12.4 Å². The Balaban J connectivity index is 1.87. The summed E-state index contributed by atoms with van der Waals surface area (Å²) in [5.41, 5.74) is 1.49. The number of rotatable bonds is 2. The van der Waals surface area contributed by atoms with Gasteiger partial charge in [-0.05, 0) is 32.0 Å². The van der Waals surface area contributed by atoms with Crippen LogP contribution in [-0.4, -0.2) is 47.0 Å². The minimum Gasteiger partial charge on any atom is -0.345 e. The third-order valence-electron chi connectivity index (χ3n) is 3.80. The predicted molar refractivity (Wildman–Crippen MR) is 74.1 cm³/mol. The van der Waals surface area contributed by atoms with Gasteiger partial charge in [0.15, 0.2) is 0 Å². The lowest BCUT2D eigenvalue weighted by Crippen LogP contribution is -2.46. The third kappa shape index (κ3) is 2.21. The van der Waals surface area contributed by atoms with E-state index in [4.69, 9.17) is 0 Å². The number of hydrogen-bond acceptors (Lipinski definition) is 3. The Kier molecular flexibility index (Phi) is 3.21. The average molecular weight is 258 g/mol. The fraction of sp³-hybridized carbons (Fsp3) is 0.429. The molecule has 0 bridgehead atoms. The maximum absolute atomic E-state index is 12.6. The molecule has 3 heterocycles. The molecule has 0 saturated carbocycles. The summed E-state index contributed by atoms with van der Waals surface area (Å²) < 4.78 is 0. The Morgan fingerprint density at radius 1 is 1.58 bits per heavy atom. The van der Waals surface area contributed by atoms with Gasteiger partial charge in [0.1, 0.15) is 5.65 Å². The number of nitrogens with zero attached hydrogens (tertiary/aromatic N) is 2. The van der Waals surface area contributed by atoms with E-state index in [0.717, 1.165) is 42.5 Å². The van der Waals surface area contributed by atoms with E-state index < -0.39 is 0 Å². The smallest absolute Gasteiger partial charge is 0.256 e. The number of likely N-dealkylation sites (N-methyl/N-ethyl adjacent to an activating group) is 1. The van der Waals surface area contributed by atoms with Crippen molar-refractivity contribution in [3.8, 4) is 0 Å². The van der Waals surface area contributed by atoms with Crippen LogP contribution < -0.4 is 5.32 Å². The molecule has 19 heavy (non-hydrogen) atoms. The Hall–Kier alpha value is -1.88. The zero-order valence-corrected chi connectivity index (χ0v) is 11.0. The van der Waals surface area contributed by atoms with Crippen LogP contribution >= 0.6 is 0 Å². The molecule has 2 N–H and O–H groups in total. The number of pyridine rings is 1. The van der Waals surface area contributed by atoms with Gasteiger partial charge in [0.25, 0.3) is 5.91 Å². The van der Waals surface area contributed by atoms with E-state index >= 15 is 0 Å². The number of carbonyl (C=O) groups is 1. The lowest BCUT2D eigenvalue weighted by molar-refractivity contribution is 0.0700. The van der Waals surface area contributed by atoms with Crippen molar-refractivity contribution in [2.75, 3.05) is 20.1 Å². The molecule has 1 saturated heterocycles. The van der Waals surface area contributed by atoms with Crippen molar-refractivity contribution in [3.05, 3.63) is 30.1 Å². The Labute approximate surface area is 112 Å². The van der Waals surface area contributed by atoms with Crippen LogP contribution in [0.4, 0.5) is 0 Å². The predicted octanol–water partition coefficient (Wildman–Crippen LogP) is 1.39. The second-order valence-electron chi connectivity index (χ2n) is 4.98. The van der Waals surface area contributed by atoms with Crippen molar-refractivity contribution >= 4 is 16.9 Å². The molecule has 2 aromatic rings. The highest BCUT2D eigenvalue weighted by Crippen LogP contribution is 2.20. The summed E-state index contributed by atoms with van der Waals surface area (Å²) in [7, 11) is 1.95. The van der Waals surface area contributed by atoms with E-state index in [9.17, 15) is 4.79 Å². The van der Waals surface area contributed by atoms with Crippen molar-refractivity contribution in [2.24, 2.45) is 0 Å². The Morgan fingerprint density at radius 2 is 2.47 bits per heavy atom. The summed E-state index contributed by atoms with van der Waals surface area (Å²) in [6, 6.07) is 4.20. The number of carbonyl (C=O) groups excluding carboxylic acids is 1. The van der Waals surface area contributed by atoms with Crippen molar-refractivity contribution in [2.45, 2.75) is 18.9 Å². The van der Waals surface area contributed by atoms with Crippen LogP contribution in [0.25, 0.3) is 11.0 Å². The fourth-order valence-electron chi connectivity index (χ4n) is 2.70. The van der Waals surface area contributed by atoms with Crippen LogP contribution in [0.3, 0.4) is 0 Å². The first-order valence-corrected chi connectivity index (χ1v) is 6.68. The van der Waals surface area contributed by atoms with Crippen molar-refractivity contribution in [3.63, 3.8) is 0 Å². The van der Waals surface area contributed by atoms with Crippen molar-refractivity contribution in [1.29, 1.82) is 0 Å². The summed E-state index contributed by atoms with van der Waals surface area (Å²) in [5.74, 6) is 0.0965. The second kappa shape index (κ2) is 5.01. The van der Waals surface area contributed by atoms with Gasteiger partial charge in [-0.1, -0.05) is 0 Å². The van der Waals surface area contributed by atoms with Crippen LogP contribution in [0.2, 0.25) is 0 Å². The molecule has 1 unspecified atom stereocenters. The van der Waals surface area contributed by atoms with Gasteiger partial charge >= 0.3 is 0 Å². The quantitative estimate of drug-likeness (QED) is 0.855. The molecule has 3 rings (SSSR count). The first-order valence-electron chi connectivity index (χ1n) is 6.68. The molecule has 1 aliphatic heterocycles. The minimum absolute atomic E-state index is 0.0965. The number of nitrogens with one attached hydrogen (secondary N) is 2. The zero-order chi connectivity index (χ0) is 13.2. The highest BCUT2D eigenvalue weighted by atomic mass is 16.2. The van der Waals surface area contributed by atoms with Crippen LogP contribution in [0.1, 0.15) is 23.2 Å². The van der Waals surface area contributed by atoms with Crippen LogP contribution in [-0.2, 0) is 0 Å². The van der Waals surface area contributed by atoms with E-state index in [1.807, 2.05) is 24.1 Å². The number of aromatic amines is 1. The van der Waals surface area contributed by atoms with E-state index in [1.165, 1.54) is 0 Å². The van der Waals surface area contributed by atoms with Crippen molar-refractivity contribution < 1.29 is 4.79 Å². The summed E-state index contributed by atoms with van der Waals surface area (Å²) in [6.07, 6.45) is 5.68. The molecule has 1 amide bonds. The number of amides is 1. The first-order chi connectivity index (χ1) is 9.29. The van der Waals surface area contributed by atoms with Crippen LogP contribution in [0, 0.1) is 0 Å². The number of hydrogen-bond donors (Lipinski definition) is 2. The molecule has 2 aromatic heterocycles. The molecule has 100 valence electrons. The molecule has 1 fully saturated rings. The molecule has 0 radical (unpaired) electrons. The molecule has 0 aromatic carbocycles. The largest absolute Gasteiger partial charge is 0.345 e. The minimum atomic E-state index is 0.0965. The molecule has 5 nitrogen and oxygen atoms in total. The highest BCUT2D eigenvalue weighted by molar-refractivity contribution is 6.05. The number of fused-ring (bicyclic) bond motifs is 1. The topological polar surface area (TPSA) is 61.0 Å². The first kappa shape index (κ1) is 12.2. The molecule has 1 aliphatic rings. The molecule has 5 heteroatoms. The molecular formula is C14H18N4O. The average Bonchev–Trinajstić information content (AvgIpc) is 2.90. The van der Waals surface area contributed by atoms with Gasteiger partial charge in [-0.2, -0.15) is 0 Å². The summed E-state index contributed by atoms with van der Waals surface area (Å²) in [5, 5.41) is 4.16. The van der Waals surface area contributed by atoms with E-state index in [-0.39, 0.29) is 5.91 Å². The highest BCUT2D eigenvalue weighted by Gasteiger charge is 2.25. The lowest BCUT2D eigenvalue weighted by atomic mass is 10.0. The number of H-pyrrole nitrogens is 1. The summed E-state index contributed by atoms with van der Waals surface area (Å²) in [6.45, 7) is 1.62. The van der Waals surface area contributed by atoms with Crippen LogP contribution in [0.15, 0.2) is 24.5 Å². The monoisotopic (exact) mass is 258 g/mol. The van der Waals surface area contributed by atoms with Gasteiger partial charge in [0.05, 0.1) is 5.56 Å². The Morgan fingerprint density at radius 3 is 3.32 bits per heavy atom. The molecule has 1 atom stereocenters. The van der Waals surface area contributed by atoms with E-state index in [0.29, 0.717) is 6.04 Å². The third-order valence-corrected chi connectivity index (χ3v) is 3.80. The van der Waals surface area contributed by atoms with Gasteiger partial charge in [-0.3, -0.25) is 4.79 Å². The molecule has 0 spiro atoms. The molecular weight excluding hydrogens is 240 g/mol. The maximum Gasteiger partial charge on any atom is 0.256 e. The molecule has 0 aliphatic carbocycles. The van der Waals surface area contributed by atoms with Gasteiger partial charge in [-0.15, -0.1) is 0 Å². The van der Waals surface area contributed by atoms with E-state index in [2.05, 4.69) is 15.3 Å². The van der Waals surface area contributed by atoms with Crippen LogP contribution in [0.5, 0.6) is 0 Å². The van der Waals surface area contributed by atoms with Gasteiger partial charge in [-0.25, -0.2) is 4.98 Å². The number of likely N-dealkylation sites (tertiary alicyclic amines) is 1. The fourth-order valence-corrected chi connectivity index (χ4v) is 2.70. The normalized spacial score (nSPS) is 19.8. The standard InChI is InChI=1S/C14H18N4O/c1-15-10-4-3-7-18(9-10)14(19)12-8-17-13-11(12)5-2-6-16-13/h2,5-6,8,10,15H,3-4,7,9H2,1H3,(H,16,17). The van der Waals surface area contributed by atoms with Gasteiger partial charge in [0.2, 0.25) is 0 Å². The SMILES string of the molecule is CNC1CCCN(C(=O)c2c[nH]c3ncccc23)C1. The number of piperidine rings is 1. The summed E-state index contributed by atoms with van der Waals surface area (Å²) in [4.78, 5) is 21.8. The van der Waals surface area contributed by atoms with Gasteiger partial charge < -0.3 is 15.2 Å². The maximum atomic E-state index is 12.6. The summed E-state index contributed by atoms with van der Waals surface area (Å²) >= 11 is 0. The number of aromatic nitrogens is 2. The van der Waals surface area contributed by atoms with Gasteiger partial charge in [0, 0.05) is 36.9 Å². The zero-order valence-electron chi connectivity index (χ0n) is 11.0.